The van der Waals surface area contributed by atoms with Gasteiger partial charge in [-0.05, 0) is 36.2 Å². The molecule has 1 aromatic carbocycles. The van der Waals surface area contributed by atoms with Crippen molar-refractivity contribution in [2.45, 2.75) is 13.8 Å². The third-order valence-electron chi connectivity index (χ3n) is 3.30. The Morgan fingerprint density at radius 2 is 2.07 bits per heavy atom. The molecule has 0 saturated heterocycles. The highest BCUT2D eigenvalue weighted by molar-refractivity contribution is 7.98. The second-order valence-corrected chi connectivity index (χ2v) is 7.11. The van der Waals surface area contributed by atoms with E-state index in [4.69, 9.17) is 4.74 Å². The number of thiazole rings is 1. The van der Waals surface area contributed by atoms with E-state index in [1.54, 1.807) is 13.8 Å². The van der Waals surface area contributed by atoms with Crippen molar-refractivity contribution in [1.29, 1.82) is 0 Å². The lowest BCUT2D eigenvalue weighted by atomic mass is 10.2. The van der Waals surface area contributed by atoms with Crippen LogP contribution in [0.3, 0.4) is 0 Å². The summed E-state index contributed by atoms with van der Waals surface area (Å²) in [7, 11) is 0. The minimum absolute atomic E-state index is 0.0816. The number of aromatic nitrogens is 5. The molecule has 1 amide bonds. The zero-order chi connectivity index (χ0) is 19.2. The normalized spacial score (nSPS) is 10.6. The number of hydrogen-bond donors (Lipinski definition) is 1. The number of nitrogens with zero attached hydrogens (tertiary/aromatic N) is 5. The molecule has 3 rings (SSSR count). The number of carbonyl (C=O) groups is 2. The number of hydrogen-bond acceptors (Lipinski definition) is 9. The van der Waals surface area contributed by atoms with E-state index in [-0.39, 0.29) is 18.3 Å². The van der Waals surface area contributed by atoms with Crippen molar-refractivity contribution >= 4 is 40.3 Å². The lowest BCUT2D eigenvalue weighted by molar-refractivity contribution is -0.113. The number of carbonyl (C=O) groups excluding carboxylic acids is 2. The Labute approximate surface area is 163 Å². The Bertz CT molecular complexity index is 941. The summed E-state index contributed by atoms with van der Waals surface area (Å²) in [4.78, 5) is 28.6. The van der Waals surface area contributed by atoms with Crippen molar-refractivity contribution in [2.75, 3.05) is 17.7 Å². The molecule has 2 heterocycles. The standard InChI is InChI=1S/C16H16N6O3S2/c1-3-25-15(24)13-10(2)17-16(27-13)18-12(23)9-26-22-14(19-20-21-22)11-7-5-4-6-8-11/h4-8H,3,9H2,1-2H3,(H,17,18,23). The van der Waals surface area contributed by atoms with E-state index in [1.165, 1.54) is 4.09 Å². The smallest absolute Gasteiger partial charge is 0.350 e. The fourth-order valence-corrected chi connectivity index (χ4v) is 3.67. The monoisotopic (exact) mass is 404 g/mol. The first-order valence-electron chi connectivity index (χ1n) is 8.00. The van der Waals surface area contributed by atoms with Crippen LogP contribution in [0.25, 0.3) is 11.4 Å². The highest BCUT2D eigenvalue weighted by Crippen LogP contribution is 2.24. The fraction of sp³-hybridized carbons (Fsp3) is 0.250. The van der Waals surface area contributed by atoms with Crippen LogP contribution in [-0.2, 0) is 9.53 Å². The van der Waals surface area contributed by atoms with E-state index in [9.17, 15) is 9.59 Å². The molecule has 11 heteroatoms. The lowest BCUT2D eigenvalue weighted by Gasteiger charge is -2.03. The van der Waals surface area contributed by atoms with Gasteiger partial charge in [0.05, 0.1) is 18.1 Å². The van der Waals surface area contributed by atoms with Crippen molar-refractivity contribution in [3.05, 3.63) is 40.9 Å². The molecule has 3 aromatic rings. The summed E-state index contributed by atoms with van der Waals surface area (Å²) in [6, 6.07) is 9.45. The number of ether oxygens (including phenoxy) is 1. The zero-order valence-electron chi connectivity index (χ0n) is 14.6. The predicted molar refractivity (Wildman–Crippen MR) is 103 cm³/mol. The summed E-state index contributed by atoms with van der Waals surface area (Å²) in [5, 5.41) is 14.6. The third-order valence-corrected chi connectivity index (χ3v) is 5.23. The first-order chi connectivity index (χ1) is 13.1. The SMILES string of the molecule is CCOC(=O)c1sc(NC(=O)CSn2nnnc2-c2ccccc2)nc1C. The first-order valence-corrected chi connectivity index (χ1v) is 9.76. The van der Waals surface area contributed by atoms with Gasteiger partial charge >= 0.3 is 5.97 Å². The summed E-state index contributed by atoms with van der Waals surface area (Å²) in [5.74, 6) is -0.0801. The van der Waals surface area contributed by atoms with Gasteiger partial charge in [-0.3, -0.25) is 4.79 Å². The minimum atomic E-state index is -0.441. The Balaban J connectivity index is 1.61. The fourth-order valence-electron chi connectivity index (χ4n) is 2.13. The molecule has 0 aliphatic carbocycles. The van der Waals surface area contributed by atoms with Crippen molar-refractivity contribution in [2.24, 2.45) is 0 Å². The molecule has 140 valence electrons. The van der Waals surface area contributed by atoms with Crippen LogP contribution in [0, 0.1) is 6.92 Å². The van der Waals surface area contributed by atoms with Crippen LogP contribution >= 0.6 is 23.3 Å². The molecule has 0 saturated carbocycles. The molecule has 1 N–H and O–H groups in total. The average molecular weight is 404 g/mol. The van der Waals surface area contributed by atoms with Crippen molar-refractivity contribution in [3.63, 3.8) is 0 Å². The molecule has 0 bridgehead atoms. The molecule has 0 fully saturated rings. The van der Waals surface area contributed by atoms with Crippen LogP contribution in [0.1, 0.15) is 22.3 Å². The number of tetrazole rings is 1. The average Bonchev–Trinajstić information content (AvgIpc) is 3.27. The van der Waals surface area contributed by atoms with Crippen molar-refractivity contribution in [3.8, 4) is 11.4 Å². The lowest BCUT2D eigenvalue weighted by Crippen LogP contribution is -2.15. The third kappa shape index (κ3) is 4.68. The van der Waals surface area contributed by atoms with E-state index in [1.807, 2.05) is 30.3 Å². The molecular formula is C16H16N6O3S2. The molecule has 0 spiro atoms. The van der Waals surface area contributed by atoms with Gasteiger partial charge in [-0.2, -0.15) is 4.09 Å². The van der Waals surface area contributed by atoms with Gasteiger partial charge in [0.2, 0.25) is 5.91 Å². The molecule has 0 atom stereocenters. The van der Waals surface area contributed by atoms with Crippen LogP contribution in [0.2, 0.25) is 0 Å². The van der Waals surface area contributed by atoms with Gasteiger partial charge in [0, 0.05) is 5.56 Å². The van der Waals surface area contributed by atoms with E-state index in [0.29, 0.717) is 21.5 Å². The zero-order valence-corrected chi connectivity index (χ0v) is 16.2. The number of benzene rings is 1. The van der Waals surface area contributed by atoms with E-state index < -0.39 is 5.97 Å². The quantitative estimate of drug-likeness (QED) is 0.598. The Morgan fingerprint density at radius 1 is 1.30 bits per heavy atom. The summed E-state index contributed by atoms with van der Waals surface area (Å²) in [6.07, 6.45) is 0. The molecule has 27 heavy (non-hydrogen) atoms. The van der Waals surface area contributed by atoms with Gasteiger partial charge in [-0.25, -0.2) is 9.78 Å². The number of esters is 1. The first kappa shape index (κ1) is 19.0. The topological polar surface area (TPSA) is 112 Å². The number of anilines is 1. The minimum Gasteiger partial charge on any atom is -0.462 e. The highest BCUT2D eigenvalue weighted by Gasteiger charge is 2.18. The number of aryl methyl sites for hydroxylation is 1. The largest absolute Gasteiger partial charge is 0.462 e. The second kappa shape index (κ2) is 8.73. The van der Waals surface area contributed by atoms with Crippen LogP contribution in [-0.4, -0.2) is 48.8 Å². The van der Waals surface area contributed by atoms with Crippen molar-refractivity contribution in [1.82, 2.24) is 24.6 Å². The predicted octanol–water partition coefficient (Wildman–Crippen LogP) is 2.42. The number of amides is 1. The maximum absolute atomic E-state index is 12.2. The summed E-state index contributed by atoms with van der Waals surface area (Å²) in [6.45, 7) is 3.71. The van der Waals surface area contributed by atoms with Crippen LogP contribution in [0.5, 0.6) is 0 Å². The van der Waals surface area contributed by atoms with Gasteiger partial charge in [0.25, 0.3) is 0 Å². The number of nitrogens with one attached hydrogen (secondary N) is 1. The van der Waals surface area contributed by atoms with Gasteiger partial charge in [0.1, 0.15) is 4.88 Å². The summed E-state index contributed by atoms with van der Waals surface area (Å²) < 4.78 is 6.46. The van der Waals surface area contributed by atoms with Gasteiger partial charge in [-0.15, -0.1) is 5.10 Å². The molecular weight excluding hydrogens is 388 g/mol. The Kier molecular flexibility index (Phi) is 6.14. The maximum atomic E-state index is 12.2. The summed E-state index contributed by atoms with van der Waals surface area (Å²) in [5.41, 5.74) is 1.37. The number of rotatable bonds is 7. The van der Waals surface area contributed by atoms with E-state index in [0.717, 1.165) is 28.8 Å². The van der Waals surface area contributed by atoms with Crippen LogP contribution < -0.4 is 5.32 Å². The second-order valence-electron chi connectivity index (χ2n) is 5.22. The van der Waals surface area contributed by atoms with Crippen LogP contribution in [0.4, 0.5) is 5.13 Å². The van der Waals surface area contributed by atoms with Crippen molar-refractivity contribution < 1.29 is 14.3 Å². The molecule has 2 aromatic heterocycles. The van der Waals surface area contributed by atoms with Gasteiger partial charge < -0.3 is 10.1 Å². The Hall–Kier alpha value is -2.79. The molecule has 0 radical (unpaired) electrons. The van der Waals surface area contributed by atoms with Gasteiger partial charge in [-0.1, -0.05) is 41.7 Å². The van der Waals surface area contributed by atoms with E-state index in [2.05, 4.69) is 25.8 Å². The summed E-state index contributed by atoms with van der Waals surface area (Å²) >= 11 is 2.24. The van der Waals surface area contributed by atoms with Gasteiger partial charge in [0.15, 0.2) is 11.0 Å². The Morgan fingerprint density at radius 3 is 2.81 bits per heavy atom. The molecule has 0 aliphatic rings. The molecule has 0 unspecified atom stereocenters. The van der Waals surface area contributed by atoms with E-state index >= 15 is 0 Å². The van der Waals surface area contributed by atoms with Crippen LogP contribution in [0.15, 0.2) is 30.3 Å². The molecule has 0 aliphatic heterocycles. The maximum Gasteiger partial charge on any atom is 0.350 e. The molecule has 9 nitrogen and oxygen atoms in total. The highest BCUT2D eigenvalue weighted by atomic mass is 32.2.